The van der Waals surface area contributed by atoms with Crippen LogP contribution in [0.25, 0.3) is 0 Å². The molecule has 0 saturated carbocycles. The van der Waals surface area contributed by atoms with Crippen molar-refractivity contribution >= 4 is 27.3 Å². The number of piperazine rings is 1. The standard InChI is InChI=1S/C12H16BrF3N2S/c1-8-6-10(19-11(8)13)9(7-12(14,15)16)18-4-2-17-3-5-18/h6,9,17H,2-5,7H2,1H3/t9-/m1/s1. The SMILES string of the molecule is Cc1cc([C@@H](CC(F)(F)F)N2CCNCC2)sc1Br. The molecule has 1 N–H and O–H groups in total. The summed E-state index contributed by atoms with van der Waals surface area (Å²) in [6, 6.07) is 1.31. The van der Waals surface area contributed by atoms with Gasteiger partial charge in [-0.25, -0.2) is 0 Å². The van der Waals surface area contributed by atoms with Gasteiger partial charge in [0.25, 0.3) is 0 Å². The van der Waals surface area contributed by atoms with Gasteiger partial charge in [-0.2, -0.15) is 13.2 Å². The first-order chi connectivity index (χ1) is 8.87. The molecule has 1 aromatic heterocycles. The third kappa shape index (κ3) is 4.18. The Kier molecular flexibility index (Phi) is 4.92. The van der Waals surface area contributed by atoms with Crippen LogP contribution in [-0.4, -0.2) is 37.3 Å². The maximum Gasteiger partial charge on any atom is 0.390 e. The quantitative estimate of drug-likeness (QED) is 0.887. The molecule has 0 bridgehead atoms. The fraction of sp³-hybridized carbons (Fsp3) is 0.667. The van der Waals surface area contributed by atoms with Gasteiger partial charge in [0.15, 0.2) is 0 Å². The lowest BCUT2D eigenvalue weighted by Gasteiger charge is -2.34. The molecule has 2 heterocycles. The van der Waals surface area contributed by atoms with Crippen molar-refractivity contribution in [1.29, 1.82) is 0 Å². The number of halogens is 4. The number of alkyl halides is 3. The van der Waals surface area contributed by atoms with Crippen molar-refractivity contribution in [2.24, 2.45) is 0 Å². The molecule has 0 aromatic carbocycles. The molecule has 1 fully saturated rings. The predicted molar refractivity (Wildman–Crippen MR) is 74.6 cm³/mol. The molecule has 108 valence electrons. The van der Waals surface area contributed by atoms with Gasteiger partial charge in [-0.15, -0.1) is 11.3 Å². The molecule has 7 heteroatoms. The highest BCUT2D eigenvalue weighted by atomic mass is 79.9. The van der Waals surface area contributed by atoms with Gasteiger partial charge < -0.3 is 5.32 Å². The average Bonchev–Trinajstić information content (AvgIpc) is 2.66. The van der Waals surface area contributed by atoms with Gasteiger partial charge in [0, 0.05) is 31.1 Å². The van der Waals surface area contributed by atoms with Gasteiger partial charge in [-0.05, 0) is 34.5 Å². The third-order valence-corrected chi connectivity index (χ3v) is 5.46. The molecule has 1 aromatic rings. The van der Waals surface area contributed by atoms with E-state index in [-0.39, 0.29) is 0 Å². The fourth-order valence-electron chi connectivity index (χ4n) is 2.27. The minimum absolute atomic E-state index is 0.558. The van der Waals surface area contributed by atoms with Crippen LogP contribution in [0.5, 0.6) is 0 Å². The van der Waals surface area contributed by atoms with E-state index in [2.05, 4.69) is 21.2 Å². The maximum atomic E-state index is 12.8. The second kappa shape index (κ2) is 6.11. The second-order valence-corrected chi connectivity index (χ2v) is 7.13. The van der Waals surface area contributed by atoms with Crippen molar-refractivity contribution in [2.75, 3.05) is 26.2 Å². The molecule has 0 radical (unpaired) electrons. The van der Waals surface area contributed by atoms with Crippen LogP contribution in [0.15, 0.2) is 9.85 Å². The Morgan fingerprint density at radius 1 is 1.42 bits per heavy atom. The number of thiophene rings is 1. The topological polar surface area (TPSA) is 15.3 Å². The van der Waals surface area contributed by atoms with Gasteiger partial charge in [0.2, 0.25) is 0 Å². The number of hydrogen-bond donors (Lipinski definition) is 1. The van der Waals surface area contributed by atoms with E-state index in [9.17, 15) is 13.2 Å². The molecular formula is C12H16BrF3N2S. The summed E-state index contributed by atoms with van der Waals surface area (Å²) in [6.45, 7) is 4.73. The van der Waals surface area contributed by atoms with Gasteiger partial charge >= 0.3 is 6.18 Å². The molecule has 2 rings (SSSR count). The normalized spacial score (nSPS) is 19.6. The number of nitrogens with zero attached hydrogens (tertiary/aromatic N) is 1. The average molecular weight is 357 g/mol. The second-order valence-electron chi connectivity index (χ2n) is 4.73. The Bertz CT molecular complexity index is 408. The van der Waals surface area contributed by atoms with Gasteiger partial charge in [-0.3, -0.25) is 4.90 Å². The zero-order chi connectivity index (χ0) is 14.0. The zero-order valence-corrected chi connectivity index (χ0v) is 13.0. The summed E-state index contributed by atoms with van der Waals surface area (Å²) in [4.78, 5) is 2.73. The largest absolute Gasteiger partial charge is 0.390 e. The monoisotopic (exact) mass is 356 g/mol. The predicted octanol–water partition coefficient (Wildman–Crippen LogP) is 3.72. The summed E-state index contributed by atoms with van der Waals surface area (Å²) in [7, 11) is 0. The minimum atomic E-state index is -4.14. The molecule has 0 spiro atoms. The maximum absolute atomic E-state index is 12.8. The Morgan fingerprint density at radius 3 is 2.53 bits per heavy atom. The smallest absolute Gasteiger partial charge is 0.314 e. The van der Waals surface area contributed by atoms with Gasteiger partial charge in [-0.1, -0.05) is 0 Å². The first kappa shape index (κ1) is 15.3. The molecule has 1 aliphatic heterocycles. The van der Waals surface area contributed by atoms with E-state index in [1.54, 1.807) is 0 Å². The van der Waals surface area contributed by atoms with E-state index >= 15 is 0 Å². The van der Waals surface area contributed by atoms with Crippen LogP contribution >= 0.6 is 27.3 Å². The van der Waals surface area contributed by atoms with E-state index in [4.69, 9.17) is 0 Å². The van der Waals surface area contributed by atoms with Crippen molar-refractivity contribution in [1.82, 2.24) is 10.2 Å². The highest BCUT2D eigenvalue weighted by Gasteiger charge is 2.36. The molecule has 1 aliphatic rings. The Labute approximate surface area is 123 Å². The van der Waals surface area contributed by atoms with Crippen LogP contribution in [0.1, 0.15) is 22.9 Å². The summed E-state index contributed by atoms with van der Waals surface area (Å²) in [5.74, 6) is 0. The zero-order valence-electron chi connectivity index (χ0n) is 10.6. The summed E-state index contributed by atoms with van der Waals surface area (Å²) < 4.78 is 39.3. The van der Waals surface area contributed by atoms with Crippen LogP contribution in [0, 0.1) is 6.92 Å². The lowest BCUT2D eigenvalue weighted by atomic mass is 10.1. The van der Waals surface area contributed by atoms with Crippen LogP contribution in [-0.2, 0) is 0 Å². The van der Waals surface area contributed by atoms with Crippen LogP contribution in [0.2, 0.25) is 0 Å². The highest BCUT2D eigenvalue weighted by Crippen LogP contribution is 2.39. The molecule has 19 heavy (non-hydrogen) atoms. The lowest BCUT2D eigenvalue weighted by molar-refractivity contribution is -0.148. The number of nitrogens with one attached hydrogen (secondary N) is 1. The minimum Gasteiger partial charge on any atom is -0.314 e. The van der Waals surface area contributed by atoms with Crippen molar-refractivity contribution in [2.45, 2.75) is 25.6 Å². The fourth-order valence-corrected chi connectivity index (χ4v) is 3.98. The van der Waals surface area contributed by atoms with Crippen molar-refractivity contribution < 1.29 is 13.2 Å². The summed E-state index contributed by atoms with van der Waals surface area (Å²) in [5, 5.41) is 3.17. The molecular weight excluding hydrogens is 341 g/mol. The molecule has 0 unspecified atom stereocenters. The number of hydrogen-bond acceptors (Lipinski definition) is 3. The first-order valence-electron chi connectivity index (χ1n) is 6.14. The van der Waals surface area contributed by atoms with Gasteiger partial charge in [0.1, 0.15) is 0 Å². The number of aryl methyl sites for hydroxylation is 1. The van der Waals surface area contributed by atoms with Crippen molar-refractivity contribution in [3.63, 3.8) is 0 Å². The van der Waals surface area contributed by atoms with E-state index < -0.39 is 18.6 Å². The van der Waals surface area contributed by atoms with E-state index in [0.29, 0.717) is 13.1 Å². The molecule has 0 amide bonds. The third-order valence-electron chi connectivity index (χ3n) is 3.22. The van der Waals surface area contributed by atoms with Gasteiger partial charge in [0.05, 0.1) is 16.2 Å². The van der Waals surface area contributed by atoms with E-state index in [1.807, 2.05) is 17.9 Å². The molecule has 1 atom stereocenters. The summed E-state index contributed by atoms with van der Waals surface area (Å²) in [6.07, 6.45) is -4.92. The van der Waals surface area contributed by atoms with E-state index in [0.717, 1.165) is 27.3 Å². The van der Waals surface area contributed by atoms with Crippen LogP contribution < -0.4 is 5.32 Å². The Balaban J connectivity index is 2.22. The van der Waals surface area contributed by atoms with E-state index in [1.165, 1.54) is 11.3 Å². The molecule has 2 nitrogen and oxygen atoms in total. The lowest BCUT2D eigenvalue weighted by Crippen LogP contribution is -2.45. The Hall–Kier alpha value is -0.110. The van der Waals surface area contributed by atoms with Crippen LogP contribution in [0.4, 0.5) is 13.2 Å². The van der Waals surface area contributed by atoms with Crippen molar-refractivity contribution in [3.8, 4) is 0 Å². The Morgan fingerprint density at radius 2 is 2.05 bits per heavy atom. The summed E-state index contributed by atoms with van der Waals surface area (Å²) >= 11 is 4.81. The molecule has 0 aliphatic carbocycles. The molecule has 1 saturated heterocycles. The first-order valence-corrected chi connectivity index (χ1v) is 7.75. The van der Waals surface area contributed by atoms with Crippen molar-refractivity contribution in [3.05, 3.63) is 20.3 Å². The number of rotatable bonds is 3. The van der Waals surface area contributed by atoms with Crippen LogP contribution in [0.3, 0.4) is 0 Å². The highest BCUT2D eigenvalue weighted by molar-refractivity contribution is 9.11. The summed E-state index contributed by atoms with van der Waals surface area (Å²) in [5.41, 5.74) is 1.00.